The monoisotopic (exact) mass is 351 g/mol. The van der Waals surface area contributed by atoms with E-state index in [1.54, 1.807) is 13.0 Å². The third-order valence-corrected chi connectivity index (χ3v) is 4.53. The minimum atomic E-state index is -0.480. The molecule has 0 spiro atoms. The Kier molecular flexibility index (Phi) is 6.35. The third kappa shape index (κ3) is 4.02. The van der Waals surface area contributed by atoms with Crippen LogP contribution in [0.1, 0.15) is 38.7 Å². The van der Waals surface area contributed by atoms with Crippen LogP contribution in [-0.2, 0) is 9.59 Å². The average molecular weight is 351 g/mol. The van der Waals surface area contributed by atoms with Crippen LogP contribution in [0.2, 0.25) is 0 Å². The molecule has 1 aliphatic rings. The molecule has 2 amide bonds. The summed E-state index contributed by atoms with van der Waals surface area (Å²) in [6.07, 6.45) is 4.44. The molecule has 0 saturated carbocycles. The SMILES string of the molecule is CCCCCN1C(=O)C(C#N)=C(C)/C(=C\c2ccc(N(C)C)cc2)C1=O. The summed E-state index contributed by atoms with van der Waals surface area (Å²) >= 11 is 0. The first-order valence-electron chi connectivity index (χ1n) is 8.87. The van der Waals surface area contributed by atoms with E-state index >= 15 is 0 Å². The highest BCUT2D eigenvalue weighted by Gasteiger charge is 2.34. The quantitative estimate of drug-likeness (QED) is 0.447. The van der Waals surface area contributed by atoms with E-state index in [0.717, 1.165) is 30.5 Å². The van der Waals surface area contributed by atoms with E-state index in [1.165, 1.54) is 4.90 Å². The molecule has 1 aliphatic heterocycles. The molecule has 5 nitrogen and oxygen atoms in total. The van der Waals surface area contributed by atoms with Gasteiger partial charge in [-0.25, -0.2) is 0 Å². The molecular weight excluding hydrogens is 326 g/mol. The number of anilines is 1. The lowest BCUT2D eigenvalue weighted by Gasteiger charge is -2.27. The van der Waals surface area contributed by atoms with Crippen molar-refractivity contribution in [2.75, 3.05) is 25.5 Å². The Hall–Kier alpha value is -2.87. The molecule has 26 heavy (non-hydrogen) atoms. The summed E-state index contributed by atoms with van der Waals surface area (Å²) in [5.74, 6) is -0.800. The Morgan fingerprint density at radius 3 is 2.31 bits per heavy atom. The van der Waals surface area contributed by atoms with Crippen LogP contribution in [0.4, 0.5) is 5.69 Å². The third-order valence-electron chi connectivity index (χ3n) is 4.53. The molecule has 136 valence electrons. The summed E-state index contributed by atoms with van der Waals surface area (Å²) in [5, 5.41) is 9.39. The number of rotatable bonds is 6. The van der Waals surface area contributed by atoms with Gasteiger partial charge >= 0.3 is 0 Å². The van der Waals surface area contributed by atoms with Crippen LogP contribution in [0.3, 0.4) is 0 Å². The molecule has 0 atom stereocenters. The number of imide groups is 1. The number of nitrogens with zero attached hydrogens (tertiary/aromatic N) is 3. The van der Waals surface area contributed by atoms with Gasteiger partial charge in [0.2, 0.25) is 0 Å². The maximum Gasteiger partial charge on any atom is 0.271 e. The lowest BCUT2D eigenvalue weighted by atomic mass is 9.93. The van der Waals surface area contributed by atoms with Gasteiger partial charge in [-0.2, -0.15) is 5.26 Å². The number of amides is 2. The van der Waals surface area contributed by atoms with Gasteiger partial charge in [0.05, 0.1) is 0 Å². The first kappa shape index (κ1) is 19.5. The molecule has 0 bridgehead atoms. The molecule has 0 saturated heterocycles. The number of nitriles is 1. The van der Waals surface area contributed by atoms with E-state index in [4.69, 9.17) is 0 Å². The number of hydrogen-bond donors (Lipinski definition) is 0. The number of benzene rings is 1. The topological polar surface area (TPSA) is 64.4 Å². The van der Waals surface area contributed by atoms with E-state index in [0.29, 0.717) is 17.7 Å². The highest BCUT2D eigenvalue weighted by molar-refractivity contribution is 6.19. The van der Waals surface area contributed by atoms with Gasteiger partial charge < -0.3 is 4.90 Å². The highest BCUT2D eigenvalue weighted by Crippen LogP contribution is 2.27. The van der Waals surface area contributed by atoms with Gasteiger partial charge in [0.15, 0.2) is 0 Å². The Morgan fingerprint density at radius 2 is 1.77 bits per heavy atom. The number of unbranched alkanes of at least 4 members (excludes halogenated alkanes) is 2. The van der Waals surface area contributed by atoms with E-state index in [-0.39, 0.29) is 11.5 Å². The second-order valence-corrected chi connectivity index (χ2v) is 6.62. The average Bonchev–Trinajstić information content (AvgIpc) is 2.62. The van der Waals surface area contributed by atoms with Crippen molar-refractivity contribution < 1.29 is 9.59 Å². The van der Waals surface area contributed by atoms with Crippen LogP contribution in [0.25, 0.3) is 6.08 Å². The number of hydrogen-bond acceptors (Lipinski definition) is 4. The molecule has 1 heterocycles. The van der Waals surface area contributed by atoms with Gasteiger partial charge in [-0.05, 0) is 42.7 Å². The minimum absolute atomic E-state index is 0.0530. The summed E-state index contributed by atoms with van der Waals surface area (Å²) < 4.78 is 0. The van der Waals surface area contributed by atoms with E-state index < -0.39 is 5.91 Å². The maximum atomic E-state index is 12.9. The van der Waals surface area contributed by atoms with Crippen molar-refractivity contribution in [1.29, 1.82) is 5.26 Å². The number of carbonyl (C=O) groups excluding carboxylic acids is 2. The van der Waals surface area contributed by atoms with Gasteiger partial charge in [-0.3, -0.25) is 14.5 Å². The smallest absolute Gasteiger partial charge is 0.271 e. The summed E-state index contributed by atoms with van der Waals surface area (Å²) in [5.41, 5.74) is 2.83. The largest absolute Gasteiger partial charge is 0.378 e. The van der Waals surface area contributed by atoms with Crippen molar-refractivity contribution in [3.63, 3.8) is 0 Å². The maximum absolute atomic E-state index is 12.9. The standard InChI is InChI=1S/C21H25N3O2/c1-5-6-7-12-24-20(25)18(15(2)19(14-22)21(24)26)13-16-8-10-17(11-9-16)23(3)4/h8-11,13H,5-7,12H2,1-4H3/b18-13+. The second kappa shape index (κ2) is 8.48. The van der Waals surface area contributed by atoms with Crippen LogP contribution in [0, 0.1) is 11.3 Å². The molecular formula is C21H25N3O2. The van der Waals surface area contributed by atoms with Crippen LogP contribution in [-0.4, -0.2) is 37.4 Å². The van der Waals surface area contributed by atoms with Crippen LogP contribution < -0.4 is 4.90 Å². The molecule has 1 aromatic carbocycles. The van der Waals surface area contributed by atoms with Crippen LogP contribution in [0.15, 0.2) is 41.0 Å². The molecule has 0 unspecified atom stereocenters. The van der Waals surface area contributed by atoms with Crippen molar-refractivity contribution in [2.45, 2.75) is 33.1 Å². The minimum Gasteiger partial charge on any atom is -0.378 e. The van der Waals surface area contributed by atoms with E-state index in [2.05, 4.69) is 6.92 Å². The molecule has 0 N–H and O–H groups in total. The predicted octanol–water partition coefficient (Wildman–Crippen LogP) is 3.54. The summed E-state index contributed by atoms with van der Waals surface area (Å²) in [7, 11) is 3.92. The first-order chi connectivity index (χ1) is 12.4. The predicted molar refractivity (Wildman–Crippen MR) is 103 cm³/mol. The Balaban J connectivity index is 2.41. The van der Waals surface area contributed by atoms with Crippen molar-refractivity contribution in [2.24, 2.45) is 0 Å². The first-order valence-corrected chi connectivity index (χ1v) is 8.87. The lowest BCUT2D eigenvalue weighted by molar-refractivity contribution is -0.140. The zero-order chi connectivity index (χ0) is 19.3. The second-order valence-electron chi connectivity index (χ2n) is 6.62. The van der Waals surface area contributed by atoms with Crippen LogP contribution in [0.5, 0.6) is 0 Å². The summed E-state index contributed by atoms with van der Waals surface area (Å²) in [6.45, 7) is 4.08. The molecule has 0 radical (unpaired) electrons. The fraction of sp³-hybridized carbons (Fsp3) is 0.381. The normalized spacial score (nSPS) is 16.3. The van der Waals surface area contributed by atoms with Gasteiger partial charge in [-0.1, -0.05) is 31.9 Å². The molecule has 5 heteroatoms. The van der Waals surface area contributed by atoms with Gasteiger partial charge in [-0.15, -0.1) is 0 Å². The Bertz CT molecular complexity index is 796. The Morgan fingerprint density at radius 1 is 1.12 bits per heavy atom. The highest BCUT2D eigenvalue weighted by atomic mass is 16.2. The molecule has 0 aromatic heterocycles. The van der Waals surface area contributed by atoms with Crippen LogP contribution >= 0.6 is 0 Å². The van der Waals surface area contributed by atoms with Crippen molar-refractivity contribution >= 4 is 23.6 Å². The van der Waals surface area contributed by atoms with Crippen molar-refractivity contribution in [1.82, 2.24) is 4.90 Å². The zero-order valence-electron chi connectivity index (χ0n) is 15.9. The van der Waals surface area contributed by atoms with Gasteiger partial charge in [0.1, 0.15) is 11.6 Å². The van der Waals surface area contributed by atoms with Crippen molar-refractivity contribution in [3.8, 4) is 6.07 Å². The lowest BCUT2D eigenvalue weighted by Crippen LogP contribution is -2.43. The van der Waals surface area contributed by atoms with Gasteiger partial charge in [0, 0.05) is 31.9 Å². The summed E-state index contributed by atoms with van der Waals surface area (Å²) in [4.78, 5) is 28.6. The molecule has 1 aromatic rings. The van der Waals surface area contributed by atoms with E-state index in [9.17, 15) is 14.9 Å². The fourth-order valence-electron chi connectivity index (χ4n) is 2.89. The Labute approximate surface area is 155 Å². The van der Waals surface area contributed by atoms with E-state index in [1.807, 2.05) is 49.3 Å². The molecule has 0 aliphatic carbocycles. The molecule has 2 rings (SSSR count). The summed E-state index contributed by atoms with van der Waals surface area (Å²) in [6, 6.07) is 9.75. The number of carbonyl (C=O) groups is 2. The van der Waals surface area contributed by atoms with Gasteiger partial charge in [0.25, 0.3) is 11.8 Å². The fourth-order valence-corrected chi connectivity index (χ4v) is 2.89. The molecule has 0 fully saturated rings. The zero-order valence-corrected chi connectivity index (χ0v) is 15.9. The van der Waals surface area contributed by atoms with Crippen molar-refractivity contribution in [3.05, 3.63) is 46.5 Å².